The monoisotopic (exact) mass is 503 g/mol. The first kappa shape index (κ1) is 23.5. The first-order chi connectivity index (χ1) is 17.9. The third kappa shape index (κ3) is 5.01. The van der Waals surface area contributed by atoms with Gasteiger partial charge in [-0.2, -0.15) is 5.10 Å². The second-order valence-corrected chi connectivity index (χ2v) is 9.82. The highest BCUT2D eigenvalue weighted by atomic mass is 19.3. The van der Waals surface area contributed by atoms with Crippen LogP contribution in [0.15, 0.2) is 55.0 Å². The lowest BCUT2D eigenvalue weighted by atomic mass is 10.0. The fraction of sp³-hybridized carbons (Fsp3) is 0.333. The average Bonchev–Trinajstić information content (AvgIpc) is 3.32. The Morgan fingerprint density at radius 3 is 2.68 bits per heavy atom. The van der Waals surface area contributed by atoms with Gasteiger partial charge < -0.3 is 10.2 Å². The summed E-state index contributed by atoms with van der Waals surface area (Å²) in [4.78, 5) is 25.7. The number of hydrogen-bond acceptors (Lipinski definition) is 6. The number of H-pyrrole nitrogens is 1. The topological polar surface area (TPSA) is 90.0 Å². The standard InChI is InChI=1S/C27H27F2N7O/c28-27(29)16-36(17-27)24-12-21(6-7-31-24)32-26(37)25-22-11-19(4-5-23(22)33-34-25)20-10-18(13-30-14-20)15-35-8-2-1-3-9-35/h4-7,10-14H,1-3,8-9,15-17H2,(H,33,34)(H,31,32,37). The minimum atomic E-state index is -2.70. The van der Waals surface area contributed by atoms with E-state index >= 15 is 0 Å². The van der Waals surface area contributed by atoms with E-state index in [1.165, 1.54) is 30.4 Å². The Morgan fingerprint density at radius 1 is 1.03 bits per heavy atom. The summed E-state index contributed by atoms with van der Waals surface area (Å²) in [5.74, 6) is -2.70. The molecule has 4 aromatic rings. The Labute approximate surface area is 212 Å². The third-order valence-corrected chi connectivity index (χ3v) is 6.93. The second kappa shape index (κ2) is 9.51. The molecule has 0 spiro atoms. The van der Waals surface area contributed by atoms with E-state index in [0.717, 1.165) is 41.8 Å². The predicted molar refractivity (Wildman–Crippen MR) is 138 cm³/mol. The number of nitrogens with one attached hydrogen (secondary N) is 2. The van der Waals surface area contributed by atoms with Crippen molar-refractivity contribution in [1.29, 1.82) is 0 Å². The predicted octanol–water partition coefficient (Wildman–Crippen LogP) is 4.71. The fourth-order valence-corrected chi connectivity index (χ4v) is 5.01. The number of aromatic nitrogens is 4. The van der Waals surface area contributed by atoms with E-state index in [0.29, 0.717) is 16.9 Å². The molecule has 2 fully saturated rings. The molecule has 1 amide bonds. The first-order valence-electron chi connectivity index (χ1n) is 12.5. The zero-order valence-electron chi connectivity index (χ0n) is 20.3. The minimum Gasteiger partial charge on any atom is -0.344 e. The van der Waals surface area contributed by atoms with Gasteiger partial charge in [-0.3, -0.25) is 19.8 Å². The first-order valence-corrected chi connectivity index (χ1v) is 12.5. The van der Waals surface area contributed by atoms with Crippen molar-refractivity contribution < 1.29 is 13.6 Å². The number of amides is 1. The van der Waals surface area contributed by atoms with E-state index in [1.807, 2.05) is 30.6 Å². The van der Waals surface area contributed by atoms with Gasteiger partial charge in [-0.15, -0.1) is 0 Å². The van der Waals surface area contributed by atoms with Crippen LogP contribution >= 0.6 is 0 Å². The van der Waals surface area contributed by atoms with Gasteiger partial charge in [-0.25, -0.2) is 13.8 Å². The molecule has 2 N–H and O–H groups in total. The zero-order valence-corrected chi connectivity index (χ0v) is 20.3. The Balaban J connectivity index is 1.21. The molecular weight excluding hydrogens is 476 g/mol. The van der Waals surface area contributed by atoms with E-state index in [4.69, 9.17) is 0 Å². The average molecular weight is 504 g/mol. The van der Waals surface area contributed by atoms with Crippen LogP contribution in [0.5, 0.6) is 0 Å². The van der Waals surface area contributed by atoms with Crippen molar-refractivity contribution in [2.24, 2.45) is 0 Å². The van der Waals surface area contributed by atoms with Crippen LogP contribution in [0, 0.1) is 0 Å². The van der Waals surface area contributed by atoms with E-state index in [-0.39, 0.29) is 18.8 Å². The Kier molecular flexibility index (Phi) is 6.03. The lowest BCUT2D eigenvalue weighted by Crippen LogP contribution is -2.56. The molecule has 6 rings (SSSR count). The largest absolute Gasteiger partial charge is 0.344 e. The lowest BCUT2D eigenvalue weighted by Gasteiger charge is -2.39. The van der Waals surface area contributed by atoms with Crippen LogP contribution in [0.4, 0.5) is 20.3 Å². The van der Waals surface area contributed by atoms with Gasteiger partial charge >= 0.3 is 0 Å². The lowest BCUT2D eigenvalue weighted by molar-refractivity contribution is -0.0267. The van der Waals surface area contributed by atoms with E-state index in [9.17, 15) is 13.6 Å². The molecule has 0 unspecified atom stereocenters. The van der Waals surface area contributed by atoms with Gasteiger partial charge in [-0.1, -0.05) is 12.5 Å². The fourth-order valence-electron chi connectivity index (χ4n) is 5.01. The molecule has 0 saturated carbocycles. The van der Waals surface area contributed by atoms with Gasteiger partial charge in [0.05, 0.1) is 18.6 Å². The summed E-state index contributed by atoms with van der Waals surface area (Å²) in [5, 5.41) is 10.7. The molecule has 0 atom stereocenters. The highest BCUT2D eigenvalue weighted by Gasteiger charge is 2.44. The minimum absolute atomic E-state index is 0.253. The summed E-state index contributed by atoms with van der Waals surface area (Å²) in [5.41, 5.74) is 4.55. The molecule has 2 aliphatic rings. The van der Waals surface area contributed by atoms with Crippen molar-refractivity contribution in [2.45, 2.75) is 31.7 Å². The van der Waals surface area contributed by atoms with Crippen LogP contribution in [-0.2, 0) is 6.54 Å². The quantitative estimate of drug-likeness (QED) is 0.396. The van der Waals surface area contributed by atoms with Crippen molar-refractivity contribution in [3.8, 4) is 11.1 Å². The molecule has 2 aliphatic heterocycles. The van der Waals surface area contributed by atoms with Crippen LogP contribution in [0.1, 0.15) is 35.3 Å². The van der Waals surface area contributed by atoms with Gasteiger partial charge in [0, 0.05) is 47.8 Å². The number of alkyl halides is 2. The molecule has 2 saturated heterocycles. The molecule has 0 radical (unpaired) electrons. The van der Waals surface area contributed by atoms with E-state index < -0.39 is 11.8 Å². The molecule has 3 aromatic heterocycles. The number of pyridine rings is 2. The third-order valence-electron chi connectivity index (χ3n) is 6.93. The normalized spacial score (nSPS) is 17.5. The maximum atomic E-state index is 13.2. The zero-order chi connectivity index (χ0) is 25.4. The second-order valence-electron chi connectivity index (χ2n) is 9.82. The number of piperidine rings is 1. The van der Waals surface area contributed by atoms with Gasteiger partial charge in [0.2, 0.25) is 0 Å². The Hall–Kier alpha value is -3.92. The summed E-state index contributed by atoms with van der Waals surface area (Å²) in [6, 6.07) is 11.2. The van der Waals surface area contributed by atoms with E-state index in [1.54, 1.807) is 12.1 Å². The molecular formula is C27H27F2N7O. The molecule has 1 aromatic carbocycles. The number of halogens is 2. The van der Waals surface area contributed by atoms with Crippen molar-refractivity contribution in [3.63, 3.8) is 0 Å². The van der Waals surface area contributed by atoms with Crippen molar-refractivity contribution in [3.05, 3.63) is 66.2 Å². The van der Waals surface area contributed by atoms with Gasteiger partial charge in [0.1, 0.15) is 5.82 Å². The maximum absolute atomic E-state index is 13.2. The highest BCUT2D eigenvalue weighted by molar-refractivity contribution is 6.11. The van der Waals surface area contributed by atoms with Crippen molar-refractivity contribution in [1.82, 2.24) is 25.1 Å². The number of nitrogens with zero attached hydrogens (tertiary/aromatic N) is 5. The molecule has 0 aliphatic carbocycles. The molecule has 10 heteroatoms. The highest BCUT2D eigenvalue weighted by Crippen LogP contribution is 2.32. The summed E-state index contributed by atoms with van der Waals surface area (Å²) in [6.45, 7) is 2.36. The molecule has 5 heterocycles. The number of fused-ring (bicyclic) bond motifs is 1. The number of hydrogen-bond donors (Lipinski definition) is 2. The Morgan fingerprint density at radius 2 is 1.86 bits per heavy atom. The molecule has 190 valence electrons. The van der Waals surface area contributed by atoms with Crippen molar-refractivity contribution in [2.75, 3.05) is 36.4 Å². The smallest absolute Gasteiger partial charge is 0.282 e. The molecule has 0 bridgehead atoms. The van der Waals surface area contributed by atoms with Gasteiger partial charge in [0.15, 0.2) is 5.69 Å². The van der Waals surface area contributed by atoms with Gasteiger partial charge in [0.25, 0.3) is 11.8 Å². The summed E-state index contributed by atoms with van der Waals surface area (Å²) in [6.07, 6.45) is 9.02. The number of carbonyl (C=O) groups excluding carboxylic acids is 1. The molecule has 8 nitrogen and oxygen atoms in total. The Bertz CT molecular complexity index is 1440. The number of benzene rings is 1. The van der Waals surface area contributed by atoms with E-state index in [2.05, 4.69) is 36.4 Å². The summed E-state index contributed by atoms with van der Waals surface area (Å²) >= 11 is 0. The van der Waals surface area contributed by atoms with Crippen LogP contribution in [0.2, 0.25) is 0 Å². The van der Waals surface area contributed by atoms with Crippen molar-refractivity contribution >= 4 is 28.3 Å². The number of likely N-dealkylation sites (tertiary alicyclic amines) is 1. The number of rotatable bonds is 6. The maximum Gasteiger partial charge on any atom is 0.282 e. The van der Waals surface area contributed by atoms with Crippen LogP contribution in [0.25, 0.3) is 22.0 Å². The number of aromatic amines is 1. The molecule has 37 heavy (non-hydrogen) atoms. The van der Waals surface area contributed by atoms with Crippen LogP contribution < -0.4 is 10.2 Å². The summed E-state index contributed by atoms with van der Waals surface area (Å²) in [7, 11) is 0. The summed E-state index contributed by atoms with van der Waals surface area (Å²) < 4.78 is 26.5. The number of carbonyl (C=O) groups is 1. The SMILES string of the molecule is O=C(Nc1ccnc(N2CC(F)(F)C2)c1)c1n[nH]c2ccc(-c3cncc(CN4CCCCC4)c3)cc12. The van der Waals surface area contributed by atoms with Crippen LogP contribution in [-0.4, -0.2) is 63.1 Å². The number of anilines is 2. The van der Waals surface area contributed by atoms with Gasteiger partial charge in [-0.05, 0) is 61.3 Å². The van der Waals surface area contributed by atoms with Crippen LogP contribution in [0.3, 0.4) is 0 Å².